The van der Waals surface area contributed by atoms with Crippen molar-refractivity contribution in [2.24, 2.45) is 0 Å². The quantitative estimate of drug-likeness (QED) is 0.828. The Hall–Kier alpha value is -2.63. The average Bonchev–Trinajstić information content (AvgIpc) is 2.87. The molecule has 6 heteroatoms. The third-order valence-electron chi connectivity index (χ3n) is 3.36. The number of carbonyl (C=O) groups excluding carboxylic acids is 2. The van der Waals surface area contributed by atoms with Crippen molar-refractivity contribution in [1.29, 1.82) is 0 Å². The molecule has 1 amide bonds. The van der Waals surface area contributed by atoms with Crippen molar-refractivity contribution in [3.63, 3.8) is 0 Å². The minimum Gasteiger partial charge on any atom is -0.462 e. The first kappa shape index (κ1) is 16.7. The number of ether oxygens (including phenoxy) is 1. The van der Waals surface area contributed by atoms with E-state index in [4.69, 9.17) is 9.26 Å². The maximum absolute atomic E-state index is 12.0. The number of esters is 1. The molecular formula is C17H20N2O4. The molecule has 0 bridgehead atoms. The van der Waals surface area contributed by atoms with E-state index in [0.29, 0.717) is 12.1 Å². The van der Waals surface area contributed by atoms with Crippen molar-refractivity contribution >= 4 is 17.8 Å². The standard InChI is InChI=1S/C17H20N2O4/c1-4-22-17(21)15-12(3)19-23-16(15)18-14(20)10-9-13-7-5-11(2)6-8-13/h5-8H,4,9-10H2,1-3H3,(H,18,20). The number of benzene rings is 1. The normalized spacial score (nSPS) is 10.4. The third-order valence-corrected chi connectivity index (χ3v) is 3.36. The lowest BCUT2D eigenvalue weighted by Gasteiger charge is -2.05. The lowest BCUT2D eigenvalue weighted by atomic mass is 10.1. The van der Waals surface area contributed by atoms with Crippen LogP contribution in [0.4, 0.5) is 5.88 Å². The van der Waals surface area contributed by atoms with Crippen LogP contribution in [0.2, 0.25) is 0 Å². The second-order valence-corrected chi connectivity index (χ2v) is 5.23. The number of carbonyl (C=O) groups is 2. The van der Waals surface area contributed by atoms with Crippen LogP contribution in [-0.4, -0.2) is 23.6 Å². The molecule has 0 aliphatic carbocycles. The number of anilines is 1. The molecular weight excluding hydrogens is 296 g/mol. The fourth-order valence-corrected chi connectivity index (χ4v) is 2.10. The van der Waals surface area contributed by atoms with Crippen molar-refractivity contribution in [3.05, 3.63) is 46.6 Å². The minimum atomic E-state index is -0.555. The summed E-state index contributed by atoms with van der Waals surface area (Å²) < 4.78 is 9.96. The largest absolute Gasteiger partial charge is 0.462 e. The zero-order valence-corrected chi connectivity index (χ0v) is 13.5. The van der Waals surface area contributed by atoms with Gasteiger partial charge in [0.05, 0.1) is 12.3 Å². The van der Waals surface area contributed by atoms with Gasteiger partial charge in [-0.25, -0.2) is 4.79 Å². The van der Waals surface area contributed by atoms with Crippen LogP contribution in [0.3, 0.4) is 0 Å². The van der Waals surface area contributed by atoms with Crippen molar-refractivity contribution < 1.29 is 18.8 Å². The fourth-order valence-electron chi connectivity index (χ4n) is 2.10. The van der Waals surface area contributed by atoms with Gasteiger partial charge < -0.3 is 9.26 Å². The van der Waals surface area contributed by atoms with E-state index >= 15 is 0 Å². The Balaban J connectivity index is 1.97. The summed E-state index contributed by atoms with van der Waals surface area (Å²) in [6, 6.07) is 7.99. The lowest BCUT2D eigenvalue weighted by molar-refractivity contribution is -0.116. The maximum atomic E-state index is 12.0. The Morgan fingerprint density at radius 1 is 1.22 bits per heavy atom. The highest BCUT2D eigenvalue weighted by Crippen LogP contribution is 2.20. The molecule has 0 fully saturated rings. The molecule has 0 aliphatic heterocycles. The van der Waals surface area contributed by atoms with E-state index in [0.717, 1.165) is 5.56 Å². The highest BCUT2D eigenvalue weighted by atomic mass is 16.5. The Labute approximate surface area is 134 Å². The number of rotatable bonds is 6. The number of amides is 1. The second kappa shape index (κ2) is 7.58. The smallest absolute Gasteiger partial charge is 0.345 e. The first-order chi connectivity index (χ1) is 11.0. The molecule has 0 aliphatic rings. The third kappa shape index (κ3) is 4.42. The molecule has 0 atom stereocenters. The molecule has 0 unspecified atom stereocenters. The molecule has 1 aromatic heterocycles. The molecule has 2 rings (SSSR count). The number of hydrogen-bond acceptors (Lipinski definition) is 5. The average molecular weight is 316 g/mol. The predicted molar refractivity (Wildman–Crippen MR) is 85.3 cm³/mol. The van der Waals surface area contributed by atoms with Crippen LogP contribution in [0.5, 0.6) is 0 Å². The van der Waals surface area contributed by atoms with Crippen molar-refractivity contribution in [2.45, 2.75) is 33.6 Å². The molecule has 23 heavy (non-hydrogen) atoms. The van der Waals surface area contributed by atoms with Crippen LogP contribution in [0.25, 0.3) is 0 Å². The number of aromatic nitrogens is 1. The zero-order valence-electron chi connectivity index (χ0n) is 13.5. The second-order valence-electron chi connectivity index (χ2n) is 5.23. The van der Waals surface area contributed by atoms with E-state index in [1.165, 1.54) is 5.56 Å². The first-order valence-electron chi connectivity index (χ1n) is 7.50. The lowest BCUT2D eigenvalue weighted by Crippen LogP contribution is -2.15. The predicted octanol–water partition coefficient (Wildman–Crippen LogP) is 3.04. The molecule has 0 saturated carbocycles. The van der Waals surface area contributed by atoms with E-state index < -0.39 is 5.97 Å². The summed E-state index contributed by atoms with van der Waals surface area (Å²) in [4.78, 5) is 23.9. The van der Waals surface area contributed by atoms with Gasteiger partial charge in [0.25, 0.3) is 0 Å². The molecule has 0 radical (unpaired) electrons. The summed E-state index contributed by atoms with van der Waals surface area (Å²) >= 11 is 0. The van der Waals surface area contributed by atoms with Crippen molar-refractivity contribution in [2.75, 3.05) is 11.9 Å². The molecule has 2 aromatic rings. The summed E-state index contributed by atoms with van der Waals surface area (Å²) in [5.74, 6) is -0.762. The van der Waals surface area contributed by atoms with Gasteiger partial charge in [-0.3, -0.25) is 10.1 Å². The summed E-state index contributed by atoms with van der Waals surface area (Å²) in [6.45, 7) is 5.59. The van der Waals surface area contributed by atoms with Gasteiger partial charge >= 0.3 is 5.97 Å². The van der Waals surface area contributed by atoms with Gasteiger partial charge in [0, 0.05) is 6.42 Å². The number of nitrogens with one attached hydrogen (secondary N) is 1. The number of aryl methyl sites for hydroxylation is 3. The Morgan fingerprint density at radius 2 is 1.91 bits per heavy atom. The van der Waals surface area contributed by atoms with E-state index in [1.54, 1.807) is 13.8 Å². The van der Waals surface area contributed by atoms with Gasteiger partial charge in [0.15, 0.2) is 0 Å². The molecule has 1 aromatic carbocycles. The Morgan fingerprint density at radius 3 is 2.57 bits per heavy atom. The van der Waals surface area contributed by atoms with E-state index in [9.17, 15) is 9.59 Å². The number of hydrogen-bond donors (Lipinski definition) is 1. The van der Waals surface area contributed by atoms with Crippen LogP contribution in [0.15, 0.2) is 28.8 Å². The molecule has 0 spiro atoms. The topological polar surface area (TPSA) is 81.4 Å². The summed E-state index contributed by atoms with van der Waals surface area (Å²) in [7, 11) is 0. The van der Waals surface area contributed by atoms with Crippen LogP contribution in [0.1, 0.15) is 40.5 Å². The summed E-state index contributed by atoms with van der Waals surface area (Å²) in [5, 5.41) is 6.29. The highest BCUT2D eigenvalue weighted by Gasteiger charge is 2.23. The Bertz CT molecular complexity index is 689. The molecule has 122 valence electrons. The van der Waals surface area contributed by atoms with E-state index in [2.05, 4.69) is 10.5 Å². The van der Waals surface area contributed by atoms with Gasteiger partial charge in [-0.05, 0) is 32.8 Å². The van der Waals surface area contributed by atoms with E-state index in [-0.39, 0.29) is 30.4 Å². The van der Waals surface area contributed by atoms with E-state index in [1.807, 2.05) is 31.2 Å². The SMILES string of the molecule is CCOC(=O)c1c(C)noc1NC(=O)CCc1ccc(C)cc1. The molecule has 0 saturated heterocycles. The van der Waals surface area contributed by atoms with Gasteiger partial charge in [-0.1, -0.05) is 35.0 Å². The minimum absolute atomic E-state index is 0.0369. The van der Waals surface area contributed by atoms with Crippen LogP contribution >= 0.6 is 0 Å². The fraction of sp³-hybridized carbons (Fsp3) is 0.353. The Kier molecular flexibility index (Phi) is 5.51. The zero-order chi connectivity index (χ0) is 16.8. The van der Waals surface area contributed by atoms with Gasteiger partial charge in [-0.2, -0.15) is 0 Å². The maximum Gasteiger partial charge on any atom is 0.345 e. The van der Waals surface area contributed by atoms with Gasteiger partial charge in [-0.15, -0.1) is 0 Å². The monoisotopic (exact) mass is 316 g/mol. The molecule has 6 nitrogen and oxygen atoms in total. The summed E-state index contributed by atoms with van der Waals surface area (Å²) in [5.41, 5.74) is 2.80. The van der Waals surface area contributed by atoms with Crippen LogP contribution in [0, 0.1) is 13.8 Å². The van der Waals surface area contributed by atoms with Crippen LogP contribution in [-0.2, 0) is 16.0 Å². The van der Waals surface area contributed by atoms with Crippen LogP contribution < -0.4 is 5.32 Å². The van der Waals surface area contributed by atoms with Gasteiger partial charge in [0.1, 0.15) is 5.56 Å². The van der Waals surface area contributed by atoms with Crippen molar-refractivity contribution in [3.8, 4) is 0 Å². The highest BCUT2D eigenvalue weighted by molar-refractivity contribution is 6.00. The number of nitrogens with zero attached hydrogens (tertiary/aromatic N) is 1. The first-order valence-corrected chi connectivity index (χ1v) is 7.50. The molecule has 1 heterocycles. The van der Waals surface area contributed by atoms with Crippen molar-refractivity contribution in [1.82, 2.24) is 5.16 Å². The molecule has 1 N–H and O–H groups in total. The summed E-state index contributed by atoms with van der Waals surface area (Å²) in [6.07, 6.45) is 0.888. The van der Waals surface area contributed by atoms with Gasteiger partial charge in [0.2, 0.25) is 11.8 Å².